The summed E-state index contributed by atoms with van der Waals surface area (Å²) in [5.41, 5.74) is 1.86. The molecule has 4 aromatic rings. The van der Waals surface area contributed by atoms with Crippen LogP contribution in [0.1, 0.15) is 5.69 Å². The SMILES string of the molecule is CN(C)Cc1ccc2c(Cl)cc(Cl)c(O)c2n1.Oc1c(I)cc(Cl)c2cccnc12. The van der Waals surface area contributed by atoms with Gasteiger partial charge in [-0.3, -0.25) is 4.98 Å². The molecule has 0 aliphatic heterocycles. The molecule has 0 aliphatic rings. The number of aromatic hydroxyl groups is 2. The van der Waals surface area contributed by atoms with E-state index in [4.69, 9.17) is 34.8 Å². The highest BCUT2D eigenvalue weighted by atomic mass is 127. The zero-order chi connectivity index (χ0) is 22.0. The average Bonchev–Trinajstić information content (AvgIpc) is 2.70. The van der Waals surface area contributed by atoms with Crippen molar-refractivity contribution >= 4 is 79.2 Å². The van der Waals surface area contributed by atoms with E-state index in [-0.39, 0.29) is 16.5 Å². The Balaban J connectivity index is 0.000000177. The second-order valence-corrected chi connectivity index (χ2v) is 9.10. The molecule has 2 N–H and O–H groups in total. The van der Waals surface area contributed by atoms with Crippen molar-refractivity contribution in [1.82, 2.24) is 14.9 Å². The van der Waals surface area contributed by atoms with Crippen molar-refractivity contribution in [3.63, 3.8) is 0 Å². The predicted molar refractivity (Wildman–Crippen MR) is 132 cm³/mol. The van der Waals surface area contributed by atoms with Crippen LogP contribution in [0.5, 0.6) is 11.5 Å². The van der Waals surface area contributed by atoms with Gasteiger partial charge in [-0.15, -0.1) is 0 Å². The molecule has 30 heavy (non-hydrogen) atoms. The van der Waals surface area contributed by atoms with E-state index >= 15 is 0 Å². The Kier molecular flexibility index (Phi) is 7.47. The highest BCUT2D eigenvalue weighted by molar-refractivity contribution is 14.1. The van der Waals surface area contributed by atoms with Crippen molar-refractivity contribution in [3.05, 3.63) is 66.9 Å². The monoisotopic (exact) mass is 575 g/mol. The molecule has 4 rings (SSSR count). The highest BCUT2D eigenvalue weighted by Gasteiger charge is 2.11. The molecule has 0 aliphatic carbocycles. The lowest BCUT2D eigenvalue weighted by Crippen LogP contribution is -2.11. The smallest absolute Gasteiger partial charge is 0.160 e. The minimum atomic E-state index is -0.0216. The first kappa shape index (κ1) is 23.1. The van der Waals surface area contributed by atoms with Gasteiger partial charge in [0, 0.05) is 23.5 Å². The number of hydrogen-bond acceptors (Lipinski definition) is 5. The number of phenols is 2. The Morgan fingerprint density at radius 1 is 0.900 bits per heavy atom. The summed E-state index contributed by atoms with van der Waals surface area (Å²) >= 11 is 19.9. The molecule has 0 saturated carbocycles. The Bertz CT molecular complexity index is 1240. The summed E-state index contributed by atoms with van der Waals surface area (Å²) in [4.78, 5) is 10.4. The van der Waals surface area contributed by atoms with Crippen molar-refractivity contribution < 1.29 is 10.2 Å². The number of aromatic nitrogens is 2. The molecule has 0 atom stereocenters. The summed E-state index contributed by atoms with van der Waals surface area (Å²) in [6.07, 6.45) is 1.63. The minimum Gasteiger partial charge on any atom is -0.505 e. The molecule has 0 unspecified atom stereocenters. The van der Waals surface area contributed by atoms with E-state index in [2.05, 4.69) is 9.97 Å². The molecule has 0 saturated heterocycles. The van der Waals surface area contributed by atoms with Crippen molar-refractivity contribution in [2.24, 2.45) is 0 Å². The minimum absolute atomic E-state index is 0.0216. The van der Waals surface area contributed by atoms with Gasteiger partial charge in [0.25, 0.3) is 0 Å². The fourth-order valence-corrected chi connectivity index (χ4v) is 4.34. The zero-order valence-electron chi connectivity index (χ0n) is 16.0. The highest BCUT2D eigenvalue weighted by Crippen LogP contribution is 2.36. The fourth-order valence-electron chi connectivity index (χ4n) is 2.81. The maximum atomic E-state index is 9.87. The van der Waals surface area contributed by atoms with E-state index in [9.17, 15) is 10.2 Å². The number of halogens is 4. The Hall–Kier alpha value is -1.58. The summed E-state index contributed by atoms with van der Waals surface area (Å²) in [7, 11) is 3.91. The molecule has 5 nitrogen and oxygen atoms in total. The molecule has 0 spiro atoms. The summed E-state index contributed by atoms with van der Waals surface area (Å²) < 4.78 is 0.716. The molecule has 0 radical (unpaired) electrons. The van der Waals surface area contributed by atoms with Crippen LogP contribution in [0.25, 0.3) is 21.8 Å². The lowest BCUT2D eigenvalue weighted by atomic mass is 10.2. The summed E-state index contributed by atoms with van der Waals surface area (Å²) in [5, 5.41) is 22.3. The largest absolute Gasteiger partial charge is 0.505 e. The second kappa shape index (κ2) is 9.70. The van der Waals surface area contributed by atoms with E-state index in [1.54, 1.807) is 18.3 Å². The third kappa shape index (κ3) is 5.00. The maximum absolute atomic E-state index is 9.87. The predicted octanol–water partition coefficient (Wildman–Crippen LogP) is 6.51. The van der Waals surface area contributed by atoms with Gasteiger partial charge in [-0.05, 0) is 73.1 Å². The summed E-state index contributed by atoms with van der Waals surface area (Å²) in [5.74, 6) is 0.173. The van der Waals surface area contributed by atoms with Gasteiger partial charge < -0.3 is 15.1 Å². The van der Waals surface area contributed by atoms with Crippen LogP contribution in [-0.2, 0) is 6.54 Å². The standard InChI is InChI=1S/C12H12Cl2N2O.C9H5ClINO/c1-16(2)6-7-3-4-8-9(13)5-10(14)12(17)11(8)15-7;10-6-4-7(11)9(13)8-5(6)2-1-3-12-8/h3-5,17H,6H2,1-2H3;1-4,13H. The number of benzene rings is 2. The molecule has 0 fully saturated rings. The summed E-state index contributed by atoms with van der Waals surface area (Å²) in [6.45, 7) is 0.694. The number of hydrogen-bond donors (Lipinski definition) is 2. The number of phenolic OH excluding ortho intramolecular Hbond substituents is 2. The number of nitrogens with zero attached hydrogens (tertiary/aromatic N) is 3. The first-order valence-corrected chi connectivity index (χ1v) is 10.9. The van der Waals surface area contributed by atoms with E-state index < -0.39 is 0 Å². The summed E-state index contributed by atoms with van der Waals surface area (Å²) in [6, 6.07) is 10.6. The number of pyridine rings is 2. The van der Waals surface area contributed by atoms with Crippen LogP contribution >= 0.6 is 57.4 Å². The van der Waals surface area contributed by atoms with Crippen LogP contribution < -0.4 is 0 Å². The van der Waals surface area contributed by atoms with E-state index in [0.29, 0.717) is 36.6 Å². The number of fused-ring (bicyclic) bond motifs is 2. The van der Waals surface area contributed by atoms with Crippen molar-refractivity contribution in [1.29, 1.82) is 0 Å². The van der Waals surface area contributed by atoms with Crippen LogP contribution in [-0.4, -0.2) is 39.2 Å². The normalized spacial score (nSPS) is 11.0. The first-order valence-electron chi connectivity index (χ1n) is 8.72. The van der Waals surface area contributed by atoms with E-state index in [1.807, 2.05) is 59.8 Å². The van der Waals surface area contributed by atoms with E-state index in [0.717, 1.165) is 11.1 Å². The lowest BCUT2D eigenvalue weighted by molar-refractivity contribution is 0.397. The Morgan fingerprint density at radius 2 is 1.57 bits per heavy atom. The second-order valence-electron chi connectivity index (χ2n) is 6.71. The first-order chi connectivity index (χ1) is 14.2. The van der Waals surface area contributed by atoms with Gasteiger partial charge >= 0.3 is 0 Å². The van der Waals surface area contributed by atoms with Crippen LogP contribution in [0.3, 0.4) is 0 Å². The van der Waals surface area contributed by atoms with Crippen molar-refractivity contribution in [2.75, 3.05) is 14.1 Å². The van der Waals surface area contributed by atoms with Crippen molar-refractivity contribution in [3.8, 4) is 11.5 Å². The van der Waals surface area contributed by atoms with Gasteiger partial charge in [0.2, 0.25) is 0 Å². The van der Waals surface area contributed by atoms with Crippen LogP contribution in [0.4, 0.5) is 0 Å². The van der Waals surface area contributed by atoms with Gasteiger partial charge in [-0.25, -0.2) is 4.98 Å². The van der Waals surface area contributed by atoms with Gasteiger partial charge in [0.05, 0.1) is 24.3 Å². The average molecular weight is 577 g/mol. The number of rotatable bonds is 2. The molecular formula is C21H17Cl3IN3O2. The molecular weight excluding hydrogens is 560 g/mol. The molecule has 156 valence electrons. The molecule has 2 heterocycles. The molecule has 0 amide bonds. The zero-order valence-corrected chi connectivity index (χ0v) is 20.4. The van der Waals surface area contributed by atoms with Crippen LogP contribution in [0.2, 0.25) is 15.1 Å². The van der Waals surface area contributed by atoms with E-state index in [1.165, 1.54) is 6.07 Å². The maximum Gasteiger partial charge on any atom is 0.160 e. The lowest BCUT2D eigenvalue weighted by Gasteiger charge is -2.11. The van der Waals surface area contributed by atoms with Crippen LogP contribution in [0, 0.1) is 3.57 Å². The fraction of sp³-hybridized carbons (Fsp3) is 0.143. The third-order valence-corrected chi connectivity index (χ3v) is 5.90. The van der Waals surface area contributed by atoms with Crippen LogP contribution in [0.15, 0.2) is 42.6 Å². The molecule has 2 aromatic heterocycles. The van der Waals surface area contributed by atoms with Gasteiger partial charge in [-0.2, -0.15) is 0 Å². The molecule has 9 heteroatoms. The topological polar surface area (TPSA) is 69.5 Å². The Morgan fingerprint density at radius 3 is 2.27 bits per heavy atom. The molecule has 2 aromatic carbocycles. The van der Waals surface area contributed by atoms with Gasteiger partial charge in [0.1, 0.15) is 11.0 Å². The van der Waals surface area contributed by atoms with Gasteiger partial charge in [-0.1, -0.05) is 34.8 Å². The molecule has 0 bridgehead atoms. The third-order valence-electron chi connectivity index (χ3n) is 4.16. The quantitative estimate of drug-likeness (QED) is 0.267. The van der Waals surface area contributed by atoms with Crippen molar-refractivity contribution in [2.45, 2.75) is 6.54 Å². The Labute approximate surface area is 202 Å². The van der Waals surface area contributed by atoms with Gasteiger partial charge in [0.15, 0.2) is 11.5 Å².